The van der Waals surface area contributed by atoms with Crippen LogP contribution in [0.25, 0.3) is 16.8 Å². The summed E-state index contributed by atoms with van der Waals surface area (Å²) < 4.78 is 30.8. The quantitative estimate of drug-likeness (QED) is 0.663. The van der Waals surface area contributed by atoms with Gasteiger partial charge in [-0.25, -0.2) is 8.42 Å². The Kier molecular flexibility index (Phi) is 4.55. The number of rotatable bonds is 4. The predicted octanol–water partition coefficient (Wildman–Crippen LogP) is 4.19. The molecule has 0 aromatic heterocycles. The lowest BCUT2D eigenvalue weighted by atomic mass is 10.0. The molecule has 5 heteroatoms. The maximum atomic E-state index is 12.7. The number of benzene rings is 3. The summed E-state index contributed by atoms with van der Waals surface area (Å²) in [4.78, 5) is -0.199. The number of nitrogens with zero attached hydrogens (tertiary/aromatic N) is 1. The Bertz CT molecular complexity index is 1090. The van der Waals surface area contributed by atoms with Gasteiger partial charge in [-0.15, -0.1) is 0 Å². The standard InChI is InChI=1S/C20H15NO3S/c1-24-20-12-11-15(18-9-5-6-10-19(18)20)13-17(14-21)25(22,23)16-7-3-2-4-8-16/h2-13H,1H3/b17-13+. The number of fused-ring (bicyclic) bond motifs is 1. The largest absolute Gasteiger partial charge is 0.496 e. The Hall–Kier alpha value is -3.10. The van der Waals surface area contributed by atoms with Crippen LogP contribution in [-0.2, 0) is 9.84 Å². The summed E-state index contributed by atoms with van der Waals surface area (Å²) >= 11 is 0. The zero-order valence-corrected chi connectivity index (χ0v) is 14.3. The molecule has 124 valence electrons. The fourth-order valence-electron chi connectivity index (χ4n) is 2.64. The van der Waals surface area contributed by atoms with Crippen molar-refractivity contribution < 1.29 is 13.2 Å². The molecule has 0 radical (unpaired) electrons. The van der Waals surface area contributed by atoms with Gasteiger partial charge in [0.15, 0.2) is 0 Å². The Morgan fingerprint density at radius 1 is 0.960 bits per heavy atom. The van der Waals surface area contributed by atoms with Crippen LogP contribution in [0, 0.1) is 11.3 Å². The summed E-state index contributed by atoms with van der Waals surface area (Å²) in [5.74, 6) is 0.692. The number of ether oxygens (including phenoxy) is 1. The lowest BCUT2D eigenvalue weighted by Crippen LogP contribution is -2.03. The van der Waals surface area contributed by atoms with Crippen LogP contribution in [0.3, 0.4) is 0 Å². The summed E-state index contributed by atoms with van der Waals surface area (Å²) in [5, 5.41) is 11.1. The van der Waals surface area contributed by atoms with E-state index in [0.29, 0.717) is 11.3 Å². The van der Waals surface area contributed by atoms with E-state index in [1.54, 1.807) is 37.4 Å². The van der Waals surface area contributed by atoms with Gasteiger partial charge in [0.2, 0.25) is 9.84 Å². The molecule has 0 unspecified atom stereocenters. The molecule has 0 N–H and O–H groups in total. The number of allylic oxidation sites excluding steroid dienone is 1. The topological polar surface area (TPSA) is 67.2 Å². The molecule has 3 aromatic carbocycles. The van der Waals surface area contributed by atoms with Gasteiger partial charge in [0.05, 0.1) is 12.0 Å². The third-order valence-corrected chi connectivity index (χ3v) is 5.56. The van der Waals surface area contributed by atoms with E-state index in [1.165, 1.54) is 18.2 Å². The van der Waals surface area contributed by atoms with Gasteiger partial charge in [0.25, 0.3) is 0 Å². The summed E-state index contributed by atoms with van der Waals surface area (Å²) in [5.41, 5.74) is 0.646. The van der Waals surface area contributed by atoms with Gasteiger partial charge >= 0.3 is 0 Å². The highest BCUT2D eigenvalue weighted by Crippen LogP contribution is 2.30. The molecular formula is C20H15NO3S. The van der Waals surface area contributed by atoms with E-state index in [-0.39, 0.29) is 9.80 Å². The van der Waals surface area contributed by atoms with E-state index in [4.69, 9.17) is 4.74 Å². The van der Waals surface area contributed by atoms with Crippen LogP contribution >= 0.6 is 0 Å². The Morgan fingerprint density at radius 2 is 1.60 bits per heavy atom. The molecule has 3 aromatic rings. The van der Waals surface area contributed by atoms with E-state index in [9.17, 15) is 13.7 Å². The van der Waals surface area contributed by atoms with Crippen LogP contribution in [0.5, 0.6) is 5.75 Å². The second kappa shape index (κ2) is 6.80. The highest BCUT2D eigenvalue weighted by molar-refractivity contribution is 7.95. The van der Waals surface area contributed by atoms with Gasteiger partial charge in [-0.2, -0.15) is 5.26 Å². The maximum Gasteiger partial charge on any atom is 0.216 e. The monoisotopic (exact) mass is 349 g/mol. The first-order valence-electron chi connectivity index (χ1n) is 7.55. The molecule has 0 heterocycles. The van der Waals surface area contributed by atoms with Crippen LogP contribution in [0.2, 0.25) is 0 Å². The Balaban J connectivity index is 2.20. The third kappa shape index (κ3) is 3.12. The van der Waals surface area contributed by atoms with Crippen LogP contribution in [-0.4, -0.2) is 15.5 Å². The third-order valence-electron chi connectivity index (χ3n) is 3.88. The molecular weight excluding hydrogens is 334 g/mol. The van der Waals surface area contributed by atoms with E-state index in [1.807, 2.05) is 30.3 Å². The van der Waals surface area contributed by atoms with Gasteiger partial charge in [-0.1, -0.05) is 48.5 Å². The van der Waals surface area contributed by atoms with E-state index in [2.05, 4.69) is 0 Å². The number of hydrogen-bond donors (Lipinski definition) is 0. The van der Waals surface area contributed by atoms with Gasteiger partial charge in [0, 0.05) is 5.39 Å². The van der Waals surface area contributed by atoms with Crippen molar-refractivity contribution in [3.8, 4) is 11.8 Å². The van der Waals surface area contributed by atoms with Crippen molar-refractivity contribution in [1.82, 2.24) is 0 Å². The minimum atomic E-state index is -3.86. The number of nitriles is 1. The maximum absolute atomic E-state index is 12.7. The molecule has 0 spiro atoms. The second-order valence-corrected chi connectivity index (χ2v) is 7.26. The Labute approximate surface area is 146 Å². The highest BCUT2D eigenvalue weighted by atomic mass is 32.2. The van der Waals surface area contributed by atoms with Crippen LogP contribution < -0.4 is 4.74 Å². The van der Waals surface area contributed by atoms with Crippen molar-refractivity contribution in [1.29, 1.82) is 5.26 Å². The Morgan fingerprint density at radius 3 is 2.24 bits per heavy atom. The molecule has 0 aliphatic rings. The fraction of sp³-hybridized carbons (Fsp3) is 0.0500. The van der Waals surface area contributed by atoms with Crippen molar-refractivity contribution in [3.05, 3.63) is 77.2 Å². The first kappa shape index (κ1) is 16.7. The lowest BCUT2D eigenvalue weighted by molar-refractivity contribution is 0.420. The minimum Gasteiger partial charge on any atom is -0.496 e. The molecule has 0 amide bonds. The zero-order valence-electron chi connectivity index (χ0n) is 13.5. The van der Waals surface area contributed by atoms with Crippen molar-refractivity contribution >= 4 is 26.7 Å². The second-order valence-electron chi connectivity index (χ2n) is 5.34. The van der Waals surface area contributed by atoms with E-state index < -0.39 is 9.84 Å². The van der Waals surface area contributed by atoms with Crippen LogP contribution in [0.4, 0.5) is 0 Å². The molecule has 0 saturated carbocycles. The minimum absolute atomic E-state index is 0.0978. The molecule has 25 heavy (non-hydrogen) atoms. The molecule has 4 nitrogen and oxygen atoms in total. The van der Waals surface area contributed by atoms with E-state index in [0.717, 1.165) is 10.8 Å². The highest BCUT2D eigenvalue weighted by Gasteiger charge is 2.20. The van der Waals surface area contributed by atoms with Gasteiger partial charge in [-0.3, -0.25) is 0 Å². The summed E-state index contributed by atoms with van der Waals surface area (Å²) in [6, 6.07) is 20.8. The van der Waals surface area contributed by atoms with Gasteiger partial charge in [0.1, 0.15) is 16.7 Å². The SMILES string of the molecule is COc1ccc(/C=C(\C#N)S(=O)(=O)c2ccccc2)c2ccccc12. The molecule has 0 fully saturated rings. The zero-order chi connectivity index (χ0) is 17.9. The fourth-order valence-corrected chi connectivity index (χ4v) is 3.81. The van der Waals surface area contributed by atoms with E-state index >= 15 is 0 Å². The number of sulfone groups is 1. The molecule has 0 aliphatic heterocycles. The number of methoxy groups -OCH3 is 1. The normalized spacial score (nSPS) is 11.9. The molecule has 0 atom stereocenters. The van der Waals surface area contributed by atoms with Crippen molar-refractivity contribution in [2.45, 2.75) is 4.90 Å². The van der Waals surface area contributed by atoms with Crippen molar-refractivity contribution in [3.63, 3.8) is 0 Å². The molecule has 0 bridgehead atoms. The lowest BCUT2D eigenvalue weighted by Gasteiger charge is -2.09. The van der Waals surface area contributed by atoms with Crippen molar-refractivity contribution in [2.75, 3.05) is 7.11 Å². The number of hydrogen-bond acceptors (Lipinski definition) is 4. The first-order chi connectivity index (χ1) is 12.1. The van der Waals surface area contributed by atoms with Gasteiger partial charge < -0.3 is 4.74 Å². The van der Waals surface area contributed by atoms with Crippen molar-refractivity contribution in [2.24, 2.45) is 0 Å². The average Bonchev–Trinajstić information content (AvgIpc) is 2.66. The molecule has 0 aliphatic carbocycles. The van der Waals surface area contributed by atoms with Crippen LogP contribution in [0.15, 0.2) is 76.5 Å². The smallest absolute Gasteiger partial charge is 0.216 e. The first-order valence-corrected chi connectivity index (χ1v) is 9.04. The summed E-state index contributed by atoms with van der Waals surface area (Å²) in [6.45, 7) is 0. The summed E-state index contributed by atoms with van der Waals surface area (Å²) in [7, 11) is -2.28. The molecule has 0 saturated heterocycles. The summed E-state index contributed by atoms with van der Waals surface area (Å²) in [6.07, 6.45) is 1.41. The van der Waals surface area contributed by atoms with Crippen LogP contribution in [0.1, 0.15) is 5.56 Å². The molecule has 3 rings (SSSR count). The average molecular weight is 349 g/mol. The van der Waals surface area contributed by atoms with Gasteiger partial charge in [-0.05, 0) is 35.2 Å². The predicted molar refractivity (Wildman–Crippen MR) is 97.7 cm³/mol.